The van der Waals surface area contributed by atoms with Gasteiger partial charge < -0.3 is 10.4 Å². The molecule has 0 aliphatic heterocycles. The van der Waals surface area contributed by atoms with Gasteiger partial charge in [-0.2, -0.15) is 11.8 Å². The summed E-state index contributed by atoms with van der Waals surface area (Å²) in [5.41, 5.74) is -0.183. The lowest BCUT2D eigenvalue weighted by molar-refractivity contribution is 0.171. The van der Waals surface area contributed by atoms with Gasteiger partial charge in [-0.15, -0.1) is 0 Å². The Labute approximate surface area is 109 Å². The van der Waals surface area contributed by atoms with E-state index in [9.17, 15) is 13.5 Å². The van der Waals surface area contributed by atoms with Crippen LogP contribution in [0.3, 0.4) is 0 Å². The average molecular weight is 283 g/mol. The number of aliphatic hydroxyl groups excluding tert-OH is 1. The molecule has 17 heavy (non-hydrogen) atoms. The third kappa shape index (κ3) is 9.88. The van der Waals surface area contributed by atoms with Crippen molar-refractivity contribution in [3.05, 3.63) is 0 Å². The molecule has 0 aliphatic rings. The molecule has 2 N–H and O–H groups in total. The monoisotopic (exact) mass is 283 g/mol. The van der Waals surface area contributed by atoms with Crippen LogP contribution in [0.2, 0.25) is 0 Å². The lowest BCUT2D eigenvalue weighted by atomic mass is 9.96. The molecule has 0 saturated heterocycles. The molecule has 0 spiro atoms. The molecule has 0 bridgehead atoms. The third-order valence-electron chi connectivity index (χ3n) is 2.82. The van der Waals surface area contributed by atoms with E-state index >= 15 is 0 Å². The summed E-state index contributed by atoms with van der Waals surface area (Å²) in [6.45, 7) is 2.15. The Kier molecular flexibility index (Phi) is 8.45. The highest BCUT2D eigenvalue weighted by Crippen LogP contribution is 2.14. The van der Waals surface area contributed by atoms with E-state index < -0.39 is 9.84 Å². The maximum absolute atomic E-state index is 10.9. The second-order valence-corrected chi connectivity index (χ2v) is 8.15. The molecule has 1 atom stereocenters. The summed E-state index contributed by atoms with van der Waals surface area (Å²) >= 11 is 1.68. The Bertz CT molecular complexity index is 287. The topological polar surface area (TPSA) is 66.4 Å². The van der Waals surface area contributed by atoms with Gasteiger partial charge >= 0.3 is 0 Å². The zero-order valence-corrected chi connectivity index (χ0v) is 12.7. The molecule has 0 aromatic rings. The van der Waals surface area contributed by atoms with Gasteiger partial charge in [-0.3, -0.25) is 0 Å². The molecular weight excluding hydrogens is 258 g/mol. The van der Waals surface area contributed by atoms with Gasteiger partial charge in [-0.1, -0.05) is 6.42 Å². The van der Waals surface area contributed by atoms with Crippen LogP contribution in [0.1, 0.15) is 26.2 Å². The smallest absolute Gasteiger partial charge is 0.148 e. The molecule has 104 valence electrons. The predicted molar refractivity (Wildman–Crippen MR) is 75.4 cm³/mol. The number of rotatable bonds is 10. The highest BCUT2D eigenvalue weighted by atomic mass is 32.2. The number of likely N-dealkylation sites (N-methyl/N-ethyl adjacent to an activating group) is 1. The lowest BCUT2D eigenvalue weighted by Crippen LogP contribution is -2.43. The van der Waals surface area contributed by atoms with E-state index in [4.69, 9.17) is 0 Å². The number of hydrogen-bond acceptors (Lipinski definition) is 5. The van der Waals surface area contributed by atoms with Gasteiger partial charge in [0.15, 0.2) is 0 Å². The Hall–Kier alpha value is 0.220. The summed E-state index contributed by atoms with van der Waals surface area (Å²) < 4.78 is 21.8. The Balaban J connectivity index is 3.47. The average Bonchev–Trinajstić information content (AvgIpc) is 2.26. The number of aliphatic hydroxyl groups is 1. The zero-order chi connectivity index (χ0) is 13.4. The molecule has 0 saturated carbocycles. The van der Waals surface area contributed by atoms with E-state index in [1.54, 1.807) is 11.8 Å². The van der Waals surface area contributed by atoms with Crippen LogP contribution < -0.4 is 5.32 Å². The molecule has 0 heterocycles. The van der Waals surface area contributed by atoms with Crippen LogP contribution in [0.25, 0.3) is 0 Å². The van der Waals surface area contributed by atoms with Crippen molar-refractivity contribution in [2.45, 2.75) is 31.7 Å². The van der Waals surface area contributed by atoms with Gasteiger partial charge in [0.1, 0.15) is 9.84 Å². The third-order valence-corrected chi connectivity index (χ3v) is 5.09. The molecule has 0 aliphatic carbocycles. The van der Waals surface area contributed by atoms with E-state index in [0.29, 0.717) is 5.75 Å². The number of thioether (sulfide) groups is 1. The van der Waals surface area contributed by atoms with E-state index in [2.05, 4.69) is 5.32 Å². The molecule has 1 unspecified atom stereocenters. The van der Waals surface area contributed by atoms with E-state index in [0.717, 1.165) is 25.0 Å². The summed E-state index contributed by atoms with van der Waals surface area (Å²) in [6, 6.07) is 0. The van der Waals surface area contributed by atoms with Crippen molar-refractivity contribution in [3.8, 4) is 0 Å². The van der Waals surface area contributed by atoms with E-state index in [-0.39, 0.29) is 17.9 Å². The van der Waals surface area contributed by atoms with Crippen molar-refractivity contribution >= 4 is 21.6 Å². The molecule has 0 fully saturated rings. The van der Waals surface area contributed by atoms with Crippen molar-refractivity contribution in [2.75, 3.05) is 37.2 Å². The van der Waals surface area contributed by atoms with Crippen LogP contribution in [-0.4, -0.2) is 56.2 Å². The minimum absolute atomic E-state index is 0.144. The van der Waals surface area contributed by atoms with Crippen LogP contribution in [-0.2, 0) is 9.84 Å². The fourth-order valence-corrected chi connectivity index (χ4v) is 3.61. The second kappa shape index (κ2) is 8.34. The summed E-state index contributed by atoms with van der Waals surface area (Å²) in [5, 5.41) is 12.3. The first-order chi connectivity index (χ1) is 7.83. The highest BCUT2D eigenvalue weighted by Gasteiger charge is 2.19. The van der Waals surface area contributed by atoms with E-state index in [1.807, 2.05) is 14.0 Å². The first kappa shape index (κ1) is 17.2. The lowest BCUT2D eigenvalue weighted by Gasteiger charge is -2.26. The summed E-state index contributed by atoms with van der Waals surface area (Å²) in [5.74, 6) is 1.94. The fraction of sp³-hybridized carbons (Fsp3) is 1.00. The summed E-state index contributed by atoms with van der Waals surface area (Å²) in [4.78, 5) is 0. The maximum atomic E-state index is 10.9. The van der Waals surface area contributed by atoms with Gasteiger partial charge in [-0.05, 0) is 32.6 Å². The molecule has 4 nitrogen and oxygen atoms in total. The number of hydrogen-bond donors (Lipinski definition) is 2. The van der Waals surface area contributed by atoms with E-state index in [1.165, 1.54) is 6.26 Å². The van der Waals surface area contributed by atoms with Crippen LogP contribution in [0.5, 0.6) is 0 Å². The molecule has 0 aromatic heterocycles. The van der Waals surface area contributed by atoms with Gasteiger partial charge in [0, 0.05) is 17.5 Å². The SMILES string of the molecule is CNC(C)(CO)CCCCSCCS(C)(=O)=O. The molecule has 0 amide bonds. The van der Waals surface area contributed by atoms with Gasteiger partial charge in [0.05, 0.1) is 12.4 Å². The van der Waals surface area contributed by atoms with Crippen molar-refractivity contribution in [3.63, 3.8) is 0 Å². The van der Waals surface area contributed by atoms with Crippen molar-refractivity contribution in [2.24, 2.45) is 0 Å². The molecule has 0 aromatic carbocycles. The molecule has 6 heteroatoms. The summed E-state index contributed by atoms with van der Waals surface area (Å²) in [7, 11) is -0.954. The number of unbranched alkanes of at least 4 members (excludes halogenated alkanes) is 1. The second-order valence-electron chi connectivity index (χ2n) is 4.67. The maximum Gasteiger partial charge on any atom is 0.148 e. The largest absolute Gasteiger partial charge is 0.394 e. The molecular formula is C11H25NO3S2. The Morgan fingerprint density at radius 2 is 1.94 bits per heavy atom. The zero-order valence-electron chi connectivity index (χ0n) is 11.0. The normalized spacial score (nSPS) is 15.8. The summed E-state index contributed by atoms with van der Waals surface area (Å²) in [6.07, 6.45) is 4.31. The first-order valence-electron chi connectivity index (χ1n) is 5.88. The number of nitrogens with one attached hydrogen (secondary N) is 1. The highest BCUT2D eigenvalue weighted by molar-refractivity contribution is 8.00. The van der Waals surface area contributed by atoms with Crippen LogP contribution >= 0.6 is 11.8 Å². The van der Waals surface area contributed by atoms with Crippen molar-refractivity contribution in [1.29, 1.82) is 0 Å². The van der Waals surface area contributed by atoms with Gasteiger partial charge in [-0.25, -0.2) is 8.42 Å². The first-order valence-corrected chi connectivity index (χ1v) is 9.10. The Morgan fingerprint density at radius 3 is 2.41 bits per heavy atom. The number of sulfone groups is 1. The van der Waals surface area contributed by atoms with Gasteiger partial charge in [0.25, 0.3) is 0 Å². The molecule has 0 radical (unpaired) electrons. The Morgan fingerprint density at radius 1 is 1.29 bits per heavy atom. The van der Waals surface area contributed by atoms with Crippen molar-refractivity contribution in [1.82, 2.24) is 5.32 Å². The minimum Gasteiger partial charge on any atom is -0.394 e. The minimum atomic E-state index is -2.81. The van der Waals surface area contributed by atoms with Crippen molar-refractivity contribution < 1.29 is 13.5 Å². The standard InChI is InChI=1S/C11H25NO3S2/c1-11(10-13,12-2)6-4-5-7-16-8-9-17(3,14)15/h12-13H,4-10H2,1-3H3. The van der Waals surface area contributed by atoms with Crippen LogP contribution in [0.15, 0.2) is 0 Å². The quantitative estimate of drug-likeness (QED) is 0.583. The van der Waals surface area contributed by atoms with Crippen LogP contribution in [0, 0.1) is 0 Å². The fourth-order valence-electron chi connectivity index (χ4n) is 1.31. The van der Waals surface area contributed by atoms with Gasteiger partial charge in [0.2, 0.25) is 0 Å². The molecule has 0 rings (SSSR count). The predicted octanol–water partition coefficient (Wildman–Crippen LogP) is 0.905. The van der Waals surface area contributed by atoms with Crippen LogP contribution in [0.4, 0.5) is 0 Å².